The molecule has 1 aromatic carbocycles. The van der Waals surface area contributed by atoms with Crippen LogP contribution in [0.1, 0.15) is 42.4 Å². The SMILES string of the molecule is CNC(Cc1ccc(C)c(C)c1)C1=CCCCC1. The third-order valence-corrected chi connectivity index (χ3v) is 4.13. The van der Waals surface area contributed by atoms with Gasteiger partial charge in [-0.1, -0.05) is 29.8 Å². The fourth-order valence-electron chi connectivity index (χ4n) is 2.76. The summed E-state index contributed by atoms with van der Waals surface area (Å²) < 4.78 is 0. The number of benzene rings is 1. The predicted octanol–water partition coefficient (Wildman–Crippen LogP) is 3.93. The van der Waals surface area contributed by atoms with Crippen LogP contribution in [0.25, 0.3) is 0 Å². The molecule has 0 saturated heterocycles. The minimum absolute atomic E-state index is 0.521. The van der Waals surface area contributed by atoms with Crippen LogP contribution in [0.4, 0.5) is 0 Å². The highest BCUT2D eigenvalue weighted by molar-refractivity contribution is 5.31. The zero-order valence-corrected chi connectivity index (χ0v) is 11.9. The molecular weight excluding hydrogens is 218 g/mol. The third-order valence-electron chi connectivity index (χ3n) is 4.13. The van der Waals surface area contributed by atoms with Crippen molar-refractivity contribution < 1.29 is 0 Å². The third kappa shape index (κ3) is 3.23. The zero-order valence-electron chi connectivity index (χ0n) is 11.9. The van der Waals surface area contributed by atoms with Crippen molar-refractivity contribution in [3.05, 3.63) is 46.5 Å². The maximum Gasteiger partial charge on any atom is 0.0317 e. The molecule has 2 rings (SSSR count). The fourth-order valence-corrected chi connectivity index (χ4v) is 2.76. The van der Waals surface area contributed by atoms with Gasteiger partial charge in [0.25, 0.3) is 0 Å². The largest absolute Gasteiger partial charge is 0.313 e. The summed E-state index contributed by atoms with van der Waals surface area (Å²) in [7, 11) is 2.08. The van der Waals surface area contributed by atoms with Gasteiger partial charge in [-0.2, -0.15) is 0 Å². The Morgan fingerprint density at radius 3 is 2.61 bits per heavy atom. The first kappa shape index (κ1) is 13.4. The van der Waals surface area contributed by atoms with Crippen molar-refractivity contribution in [2.24, 2.45) is 0 Å². The van der Waals surface area contributed by atoms with E-state index in [1.807, 2.05) is 0 Å². The minimum atomic E-state index is 0.521. The highest BCUT2D eigenvalue weighted by Crippen LogP contribution is 2.23. The van der Waals surface area contributed by atoms with E-state index in [-0.39, 0.29) is 0 Å². The molecule has 0 aliphatic heterocycles. The zero-order chi connectivity index (χ0) is 13.0. The maximum atomic E-state index is 3.49. The molecule has 98 valence electrons. The molecule has 0 spiro atoms. The molecule has 0 heterocycles. The highest BCUT2D eigenvalue weighted by atomic mass is 14.9. The molecule has 1 heteroatoms. The van der Waals surface area contributed by atoms with Crippen LogP contribution >= 0.6 is 0 Å². The molecule has 0 radical (unpaired) electrons. The summed E-state index contributed by atoms with van der Waals surface area (Å²) >= 11 is 0. The van der Waals surface area contributed by atoms with Gasteiger partial charge in [0.1, 0.15) is 0 Å². The van der Waals surface area contributed by atoms with Crippen molar-refractivity contribution >= 4 is 0 Å². The molecule has 18 heavy (non-hydrogen) atoms. The normalized spacial score (nSPS) is 17.4. The van der Waals surface area contributed by atoms with Crippen LogP contribution in [0.2, 0.25) is 0 Å². The Balaban J connectivity index is 2.09. The van der Waals surface area contributed by atoms with E-state index in [1.165, 1.54) is 42.4 Å². The van der Waals surface area contributed by atoms with Gasteiger partial charge < -0.3 is 5.32 Å². The Morgan fingerprint density at radius 2 is 2.00 bits per heavy atom. The number of hydrogen-bond donors (Lipinski definition) is 1. The van der Waals surface area contributed by atoms with Crippen LogP contribution in [0, 0.1) is 13.8 Å². The van der Waals surface area contributed by atoms with Gasteiger partial charge in [-0.3, -0.25) is 0 Å². The molecule has 0 bridgehead atoms. The Hall–Kier alpha value is -1.08. The lowest BCUT2D eigenvalue weighted by Crippen LogP contribution is -2.30. The molecule has 1 aromatic rings. The Bertz CT molecular complexity index is 431. The van der Waals surface area contributed by atoms with Gasteiger partial charge in [0, 0.05) is 6.04 Å². The number of allylic oxidation sites excluding steroid dienone is 1. The quantitative estimate of drug-likeness (QED) is 0.790. The molecule has 1 nitrogen and oxygen atoms in total. The highest BCUT2D eigenvalue weighted by Gasteiger charge is 2.15. The molecule has 1 N–H and O–H groups in total. The molecule has 1 atom stereocenters. The van der Waals surface area contributed by atoms with Crippen molar-refractivity contribution in [3.8, 4) is 0 Å². The van der Waals surface area contributed by atoms with Gasteiger partial charge in [0.15, 0.2) is 0 Å². The monoisotopic (exact) mass is 243 g/mol. The molecule has 0 fully saturated rings. The summed E-state index contributed by atoms with van der Waals surface area (Å²) in [4.78, 5) is 0. The van der Waals surface area contributed by atoms with Crippen LogP contribution in [-0.2, 0) is 6.42 Å². The lowest BCUT2D eigenvalue weighted by Gasteiger charge is -2.23. The topological polar surface area (TPSA) is 12.0 Å². The van der Waals surface area contributed by atoms with Crippen LogP contribution < -0.4 is 5.32 Å². The van der Waals surface area contributed by atoms with E-state index >= 15 is 0 Å². The van der Waals surface area contributed by atoms with E-state index in [4.69, 9.17) is 0 Å². The lowest BCUT2D eigenvalue weighted by atomic mass is 9.90. The summed E-state index contributed by atoms with van der Waals surface area (Å²) in [5, 5.41) is 3.49. The second kappa shape index (κ2) is 6.19. The molecule has 1 aliphatic carbocycles. The summed E-state index contributed by atoms with van der Waals surface area (Å²) in [6.45, 7) is 4.38. The minimum Gasteiger partial charge on any atom is -0.313 e. The number of nitrogens with one attached hydrogen (secondary N) is 1. The number of aryl methyl sites for hydroxylation is 2. The fraction of sp³-hybridized carbons (Fsp3) is 0.529. The number of hydrogen-bond acceptors (Lipinski definition) is 1. The Morgan fingerprint density at radius 1 is 1.17 bits per heavy atom. The number of likely N-dealkylation sites (N-methyl/N-ethyl adjacent to an activating group) is 1. The summed E-state index contributed by atoms with van der Waals surface area (Å²) in [6.07, 6.45) is 8.83. The van der Waals surface area contributed by atoms with Crippen molar-refractivity contribution in [1.29, 1.82) is 0 Å². The van der Waals surface area contributed by atoms with E-state index < -0.39 is 0 Å². The van der Waals surface area contributed by atoms with Gasteiger partial charge in [-0.05, 0) is 69.7 Å². The molecule has 0 aromatic heterocycles. The van der Waals surface area contributed by atoms with Crippen LogP contribution in [0.3, 0.4) is 0 Å². The van der Waals surface area contributed by atoms with Gasteiger partial charge in [-0.15, -0.1) is 0 Å². The summed E-state index contributed by atoms with van der Waals surface area (Å²) in [6, 6.07) is 7.37. The molecule has 0 saturated carbocycles. The van der Waals surface area contributed by atoms with Crippen molar-refractivity contribution in [2.45, 2.75) is 52.0 Å². The first-order valence-electron chi connectivity index (χ1n) is 7.13. The second-order valence-electron chi connectivity index (χ2n) is 5.49. The maximum absolute atomic E-state index is 3.49. The van der Waals surface area contributed by atoms with Gasteiger partial charge in [-0.25, -0.2) is 0 Å². The molecular formula is C17H25N. The van der Waals surface area contributed by atoms with E-state index in [2.05, 4.69) is 50.5 Å². The second-order valence-corrected chi connectivity index (χ2v) is 5.49. The molecule has 0 amide bonds. The summed E-state index contributed by atoms with van der Waals surface area (Å²) in [5.41, 5.74) is 5.85. The van der Waals surface area contributed by atoms with Crippen LogP contribution in [-0.4, -0.2) is 13.1 Å². The Labute approximate surface area is 111 Å². The van der Waals surface area contributed by atoms with E-state index in [1.54, 1.807) is 5.57 Å². The average molecular weight is 243 g/mol. The van der Waals surface area contributed by atoms with E-state index in [9.17, 15) is 0 Å². The van der Waals surface area contributed by atoms with Gasteiger partial charge >= 0.3 is 0 Å². The van der Waals surface area contributed by atoms with E-state index in [0.717, 1.165) is 6.42 Å². The van der Waals surface area contributed by atoms with Gasteiger partial charge in [0.05, 0.1) is 0 Å². The smallest absolute Gasteiger partial charge is 0.0317 e. The number of rotatable bonds is 4. The standard InChI is InChI=1S/C17H25N/c1-13-9-10-15(11-14(13)2)12-17(18-3)16-7-5-4-6-8-16/h7,9-11,17-18H,4-6,8,12H2,1-3H3. The molecule has 1 aliphatic rings. The molecule has 1 unspecified atom stereocenters. The van der Waals surface area contributed by atoms with Crippen molar-refractivity contribution in [2.75, 3.05) is 7.05 Å². The van der Waals surface area contributed by atoms with Crippen LogP contribution in [0.5, 0.6) is 0 Å². The predicted molar refractivity (Wildman–Crippen MR) is 79.0 cm³/mol. The summed E-state index contributed by atoms with van der Waals surface area (Å²) in [5.74, 6) is 0. The van der Waals surface area contributed by atoms with E-state index in [0.29, 0.717) is 6.04 Å². The van der Waals surface area contributed by atoms with Crippen molar-refractivity contribution in [3.63, 3.8) is 0 Å². The average Bonchev–Trinajstić information content (AvgIpc) is 2.41. The lowest BCUT2D eigenvalue weighted by molar-refractivity contribution is 0.569. The first-order valence-corrected chi connectivity index (χ1v) is 7.13. The Kier molecular flexibility index (Phi) is 4.60. The van der Waals surface area contributed by atoms with Crippen molar-refractivity contribution in [1.82, 2.24) is 5.32 Å². The first-order chi connectivity index (χ1) is 8.70. The van der Waals surface area contributed by atoms with Crippen LogP contribution in [0.15, 0.2) is 29.8 Å². The van der Waals surface area contributed by atoms with Gasteiger partial charge in [0.2, 0.25) is 0 Å².